The van der Waals surface area contributed by atoms with Crippen LogP contribution in [0, 0.1) is 0 Å². The van der Waals surface area contributed by atoms with Crippen molar-refractivity contribution in [2.24, 2.45) is 7.05 Å². The van der Waals surface area contributed by atoms with E-state index in [2.05, 4.69) is 77.6 Å². The van der Waals surface area contributed by atoms with Gasteiger partial charge in [0.05, 0.1) is 0 Å². The van der Waals surface area contributed by atoms with Crippen LogP contribution in [0.5, 0.6) is 0 Å². The quantitative estimate of drug-likeness (QED) is 0.513. The zero-order valence-corrected chi connectivity index (χ0v) is 16.7. The van der Waals surface area contributed by atoms with Gasteiger partial charge in [-0.25, -0.2) is 0 Å². The molecule has 23 heavy (non-hydrogen) atoms. The summed E-state index contributed by atoms with van der Waals surface area (Å²) >= 11 is 2.00. The molecule has 2 heterocycles. The molecule has 0 saturated carbocycles. The Balaban J connectivity index is 2.01. The van der Waals surface area contributed by atoms with Crippen LogP contribution in [0.25, 0.3) is 0 Å². The summed E-state index contributed by atoms with van der Waals surface area (Å²) in [6.45, 7) is 13.9. The van der Waals surface area contributed by atoms with Crippen LogP contribution in [0.1, 0.15) is 99.1 Å². The first kappa shape index (κ1) is 18.3. The van der Waals surface area contributed by atoms with Crippen molar-refractivity contribution in [3.63, 3.8) is 0 Å². The predicted octanol–water partition coefficient (Wildman–Crippen LogP) is 7.02. The molecule has 128 valence electrons. The smallest absolute Gasteiger partial charge is 0.0234 e. The first-order valence-electron chi connectivity index (χ1n) is 9.06. The molecule has 0 bridgehead atoms. The molecule has 1 nitrogen and oxygen atoms in total. The van der Waals surface area contributed by atoms with Crippen molar-refractivity contribution in [1.82, 2.24) is 4.57 Å². The standard InChI is InChI=1S/C21H33NS/c1-14(2)18-12-13-22(7)21(18)17(6)9-8-16(5)20-11-10-19(23-20)15(3)4/h10-17H,8-9H2,1-7H3/t16-,17?/m1/s1. The van der Waals surface area contributed by atoms with Crippen molar-refractivity contribution < 1.29 is 0 Å². The van der Waals surface area contributed by atoms with Crippen molar-refractivity contribution >= 4 is 11.3 Å². The van der Waals surface area contributed by atoms with Gasteiger partial charge in [-0.2, -0.15) is 0 Å². The zero-order chi connectivity index (χ0) is 17.1. The maximum absolute atomic E-state index is 2.39. The van der Waals surface area contributed by atoms with Crippen LogP contribution < -0.4 is 0 Å². The highest BCUT2D eigenvalue weighted by Crippen LogP contribution is 2.35. The van der Waals surface area contributed by atoms with E-state index in [1.165, 1.54) is 29.0 Å². The second-order valence-corrected chi connectivity index (χ2v) is 8.84. The summed E-state index contributed by atoms with van der Waals surface area (Å²) in [5, 5.41) is 0. The van der Waals surface area contributed by atoms with Crippen molar-refractivity contribution in [3.8, 4) is 0 Å². The van der Waals surface area contributed by atoms with E-state index in [9.17, 15) is 0 Å². The fraction of sp³-hybridized carbons (Fsp3) is 0.619. The van der Waals surface area contributed by atoms with E-state index in [0.29, 0.717) is 23.7 Å². The van der Waals surface area contributed by atoms with Gasteiger partial charge in [-0.05, 0) is 60.3 Å². The molecule has 0 amide bonds. The number of nitrogens with zero attached hydrogens (tertiary/aromatic N) is 1. The third-order valence-corrected chi connectivity index (χ3v) is 6.59. The molecule has 2 atom stereocenters. The molecule has 2 aromatic rings. The summed E-state index contributed by atoms with van der Waals surface area (Å²) < 4.78 is 2.33. The summed E-state index contributed by atoms with van der Waals surface area (Å²) in [5.41, 5.74) is 3.05. The number of rotatable bonds is 7. The van der Waals surface area contributed by atoms with Gasteiger partial charge in [0, 0.05) is 28.7 Å². The highest BCUT2D eigenvalue weighted by atomic mass is 32.1. The molecule has 0 aromatic carbocycles. The molecule has 0 fully saturated rings. The highest BCUT2D eigenvalue weighted by molar-refractivity contribution is 7.12. The fourth-order valence-electron chi connectivity index (χ4n) is 3.40. The fourth-order valence-corrected chi connectivity index (χ4v) is 4.50. The molecule has 0 aliphatic rings. The average Bonchev–Trinajstić information content (AvgIpc) is 3.11. The van der Waals surface area contributed by atoms with Gasteiger partial charge in [0.1, 0.15) is 0 Å². The maximum Gasteiger partial charge on any atom is 0.0234 e. The van der Waals surface area contributed by atoms with Gasteiger partial charge in [0.25, 0.3) is 0 Å². The number of hydrogen-bond acceptors (Lipinski definition) is 1. The lowest BCUT2D eigenvalue weighted by atomic mass is 9.90. The highest BCUT2D eigenvalue weighted by Gasteiger charge is 2.18. The molecule has 1 unspecified atom stereocenters. The third-order valence-electron chi connectivity index (χ3n) is 4.98. The summed E-state index contributed by atoms with van der Waals surface area (Å²) in [7, 11) is 2.19. The molecule has 2 rings (SSSR count). The van der Waals surface area contributed by atoms with Gasteiger partial charge < -0.3 is 4.57 Å². The van der Waals surface area contributed by atoms with Crippen LogP contribution >= 0.6 is 11.3 Å². The van der Waals surface area contributed by atoms with E-state index in [-0.39, 0.29) is 0 Å². The van der Waals surface area contributed by atoms with Gasteiger partial charge in [-0.3, -0.25) is 0 Å². The second kappa shape index (κ2) is 7.70. The van der Waals surface area contributed by atoms with Gasteiger partial charge in [0.2, 0.25) is 0 Å². The SMILES string of the molecule is CC(C)c1ccc([C@H](C)CCC(C)c2c(C(C)C)ccn2C)s1. The number of hydrogen-bond donors (Lipinski definition) is 0. The molecular weight excluding hydrogens is 298 g/mol. The Morgan fingerprint density at radius 1 is 0.826 bits per heavy atom. The Morgan fingerprint density at radius 3 is 2.00 bits per heavy atom. The van der Waals surface area contributed by atoms with E-state index in [1.54, 1.807) is 4.88 Å². The Bertz CT molecular complexity index is 618. The lowest BCUT2D eigenvalue weighted by molar-refractivity contribution is 0.551. The summed E-state index contributed by atoms with van der Waals surface area (Å²) in [4.78, 5) is 3.07. The lowest BCUT2D eigenvalue weighted by Gasteiger charge is -2.19. The van der Waals surface area contributed by atoms with Crippen molar-refractivity contribution in [1.29, 1.82) is 0 Å². The van der Waals surface area contributed by atoms with Crippen molar-refractivity contribution in [2.45, 2.75) is 78.1 Å². The van der Waals surface area contributed by atoms with Gasteiger partial charge in [-0.15, -0.1) is 11.3 Å². The normalized spacial score (nSPS) is 14.7. The predicted molar refractivity (Wildman–Crippen MR) is 104 cm³/mol. The number of aryl methyl sites for hydroxylation is 1. The summed E-state index contributed by atoms with van der Waals surface area (Å²) in [6, 6.07) is 6.96. The molecule has 0 radical (unpaired) electrons. The van der Waals surface area contributed by atoms with E-state index in [1.807, 2.05) is 11.3 Å². The van der Waals surface area contributed by atoms with Crippen molar-refractivity contribution in [2.75, 3.05) is 0 Å². The molecular formula is C21H33NS. The topological polar surface area (TPSA) is 4.93 Å². The van der Waals surface area contributed by atoms with Crippen LogP contribution in [0.3, 0.4) is 0 Å². The van der Waals surface area contributed by atoms with Gasteiger partial charge in [-0.1, -0.05) is 41.5 Å². The van der Waals surface area contributed by atoms with Crippen LogP contribution in [-0.4, -0.2) is 4.57 Å². The molecule has 0 aliphatic heterocycles. The van der Waals surface area contributed by atoms with Crippen LogP contribution in [0.15, 0.2) is 24.4 Å². The van der Waals surface area contributed by atoms with E-state index < -0.39 is 0 Å². The largest absolute Gasteiger partial charge is 0.354 e. The second-order valence-electron chi connectivity index (χ2n) is 7.70. The Morgan fingerprint density at radius 2 is 1.43 bits per heavy atom. The van der Waals surface area contributed by atoms with Crippen LogP contribution in [0.4, 0.5) is 0 Å². The molecule has 2 heteroatoms. The third kappa shape index (κ3) is 4.29. The van der Waals surface area contributed by atoms with Crippen LogP contribution in [0.2, 0.25) is 0 Å². The zero-order valence-electron chi connectivity index (χ0n) is 15.9. The molecule has 2 aromatic heterocycles. The van der Waals surface area contributed by atoms with Crippen molar-refractivity contribution in [3.05, 3.63) is 45.4 Å². The number of aromatic nitrogens is 1. The lowest BCUT2D eigenvalue weighted by Crippen LogP contribution is -2.06. The Hall–Kier alpha value is -1.02. The van der Waals surface area contributed by atoms with Crippen LogP contribution in [-0.2, 0) is 7.05 Å². The first-order chi connectivity index (χ1) is 10.8. The van der Waals surface area contributed by atoms with E-state index >= 15 is 0 Å². The van der Waals surface area contributed by atoms with E-state index in [4.69, 9.17) is 0 Å². The molecule has 0 N–H and O–H groups in total. The monoisotopic (exact) mass is 331 g/mol. The Labute approximate surface area is 146 Å². The first-order valence-corrected chi connectivity index (χ1v) is 9.87. The van der Waals surface area contributed by atoms with Gasteiger partial charge >= 0.3 is 0 Å². The number of thiophene rings is 1. The van der Waals surface area contributed by atoms with Gasteiger partial charge in [0.15, 0.2) is 0 Å². The average molecular weight is 332 g/mol. The summed E-state index contributed by atoms with van der Waals surface area (Å²) in [6.07, 6.45) is 4.74. The minimum absolute atomic E-state index is 0.608. The molecule has 0 saturated heterocycles. The minimum Gasteiger partial charge on any atom is -0.354 e. The molecule has 0 aliphatic carbocycles. The van der Waals surface area contributed by atoms with E-state index in [0.717, 1.165) is 0 Å². The molecule has 0 spiro atoms. The summed E-state index contributed by atoms with van der Waals surface area (Å²) in [5.74, 6) is 2.55. The maximum atomic E-state index is 2.39. The minimum atomic E-state index is 0.608. The Kier molecular flexibility index (Phi) is 6.13.